The van der Waals surface area contributed by atoms with Crippen molar-refractivity contribution in [3.8, 4) is 0 Å². The molecule has 0 saturated carbocycles. The Morgan fingerprint density at radius 3 is 1.07 bits per heavy atom. The van der Waals surface area contributed by atoms with Crippen molar-refractivity contribution in [3.63, 3.8) is 0 Å². The normalized spacial score (nSPS) is 16.3. The summed E-state index contributed by atoms with van der Waals surface area (Å²) in [7, 11) is 0. The summed E-state index contributed by atoms with van der Waals surface area (Å²) in [5, 5.41) is 0. The van der Waals surface area contributed by atoms with Crippen molar-refractivity contribution < 1.29 is 74.2 Å². The van der Waals surface area contributed by atoms with Crippen molar-refractivity contribution in [1.29, 1.82) is 0 Å². The van der Waals surface area contributed by atoms with E-state index in [0.29, 0.717) is 41.5 Å². The first-order chi connectivity index (χ1) is 26.1. The number of Topliss-reactive ketones (excluding diaryl/α,β-unsaturated/α-hetero) is 4. The number of esters is 4. The van der Waals surface area contributed by atoms with Crippen molar-refractivity contribution in [2.24, 2.45) is 0 Å². The summed E-state index contributed by atoms with van der Waals surface area (Å²) in [5.74, 6) is -5.78. The highest BCUT2D eigenvalue weighted by atomic mass is 19.4. The third-order valence-corrected chi connectivity index (χ3v) is 10.3. The number of ether oxygens (including phenoxy) is 2. The highest BCUT2D eigenvalue weighted by Crippen LogP contribution is 2.57. The molecule has 0 amide bonds. The van der Waals surface area contributed by atoms with Gasteiger partial charge in [-0.15, -0.1) is 0 Å². The Morgan fingerprint density at radius 1 is 0.393 bits per heavy atom. The van der Waals surface area contributed by atoms with Gasteiger partial charge in [-0.05, 0) is 58.7 Å². The second-order valence-electron chi connectivity index (χ2n) is 13.8. The van der Waals surface area contributed by atoms with E-state index in [-0.39, 0.29) is 34.7 Å². The van der Waals surface area contributed by atoms with Crippen LogP contribution in [0.1, 0.15) is 132 Å². The Labute approximate surface area is 310 Å². The Bertz CT molecular complexity index is 2370. The van der Waals surface area contributed by atoms with Gasteiger partial charge in [-0.3, -0.25) is 19.2 Å². The molecule has 0 bridgehead atoms. The number of carbonyl (C=O) groups is 8. The van der Waals surface area contributed by atoms with Crippen LogP contribution in [0.15, 0.2) is 72.8 Å². The topological polar surface area (TPSA) is 155 Å². The Balaban J connectivity index is 0.000000175. The molecule has 0 saturated heterocycles. The van der Waals surface area contributed by atoms with E-state index in [1.165, 1.54) is 0 Å². The molecule has 0 fully saturated rings. The third-order valence-electron chi connectivity index (χ3n) is 10.3. The van der Waals surface area contributed by atoms with Crippen LogP contribution < -0.4 is 0 Å². The average Bonchev–Trinajstić information content (AvgIpc) is 3.78. The molecule has 0 aromatic heterocycles. The molecule has 2 heterocycles. The van der Waals surface area contributed by atoms with Crippen LogP contribution in [0.4, 0.5) is 26.3 Å². The van der Waals surface area contributed by atoms with Crippen LogP contribution in [0.25, 0.3) is 0 Å². The van der Waals surface area contributed by atoms with E-state index >= 15 is 0 Å². The number of fused-ring (bicyclic) bond motifs is 4. The minimum Gasteiger partial charge on any atom is -0.386 e. The van der Waals surface area contributed by atoms with Gasteiger partial charge in [0.25, 0.3) is 0 Å². The Morgan fingerprint density at radius 2 is 0.679 bits per heavy atom. The summed E-state index contributed by atoms with van der Waals surface area (Å²) in [5.41, 5.74) is -6.85. The van der Waals surface area contributed by atoms with Crippen LogP contribution in [0.3, 0.4) is 0 Å². The molecule has 2 aliphatic heterocycles. The Hall–Kier alpha value is -6.58. The maximum atomic E-state index is 14.2. The molecule has 0 N–H and O–H groups in total. The van der Waals surface area contributed by atoms with E-state index in [4.69, 9.17) is 0 Å². The van der Waals surface area contributed by atoms with E-state index < -0.39 is 92.9 Å². The summed E-state index contributed by atoms with van der Waals surface area (Å²) in [6.07, 6.45) is -12.7. The smallest absolute Gasteiger partial charge is 0.386 e. The highest BCUT2D eigenvalue weighted by Gasteiger charge is 2.73. The number of hydrogen-bond donors (Lipinski definition) is 0. The number of carbonyl (C=O) groups excluding carboxylic acids is 8. The van der Waals surface area contributed by atoms with Gasteiger partial charge in [0.05, 0.1) is 35.1 Å². The summed E-state index contributed by atoms with van der Waals surface area (Å²) >= 11 is 0. The summed E-state index contributed by atoms with van der Waals surface area (Å²) in [6, 6.07) is 13.3. The second-order valence-corrected chi connectivity index (χ2v) is 13.8. The first-order valence-electron chi connectivity index (χ1n) is 16.4. The number of hydrogen-bond acceptors (Lipinski definition) is 10. The van der Waals surface area contributed by atoms with Crippen LogP contribution in [0.5, 0.6) is 0 Å². The van der Waals surface area contributed by atoms with Gasteiger partial charge >= 0.3 is 36.2 Å². The van der Waals surface area contributed by atoms with Gasteiger partial charge in [0.15, 0.2) is 23.1 Å². The SMILES string of the molecule is CC(C)(c1ccc2c(c1)C(=O)CC2=O)c1ccc2c(c1)C(=O)OC2=O.O=C1CC(=O)c2cc(C(c3ccc4c(c3)C(=O)OC4=O)(C(F)(F)F)C(F)(F)F)ccc21. The van der Waals surface area contributed by atoms with E-state index in [9.17, 15) is 64.7 Å². The molecule has 4 aromatic carbocycles. The number of benzene rings is 4. The van der Waals surface area contributed by atoms with Crippen molar-refractivity contribution in [2.45, 2.75) is 49.9 Å². The van der Waals surface area contributed by atoms with Crippen molar-refractivity contribution in [1.82, 2.24) is 0 Å². The molecule has 0 atom stereocenters. The predicted molar refractivity (Wildman–Crippen MR) is 177 cm³/mol. The molecular weight excluding hydrogens is 754 g/mol. The zero-order chi connectivity index (χ0) is 40.9. The maximum absolute atomic E-state index is 14.2. The fraction of sp³-hybridized carbons (Fsp3) is 0.200. The zero-order valence-corrected chi connectivity index (χ0v) is 28.7. The molecule has 284 valence electrons. The monoisotopic (exact) mass is 776 g/mol. The predicted octanol–water partition coefficient (Wildman–Crippen LogP) is 7.27. The van der Waals surface area contributed by atoms with E-state index in [1.54, 1.807) is 30.3 Å². The first kappa shape index (κ1) is 37.7. The standard InChI is InChI=1S/C20H8F6O5.C20H14O5/c21-19(22,23)18(20(24,25)26,8-1-3-10-12(5-8)15(28)7-14(10)27)9-2-4-11-13(6-9)17(30)31-16(11)29;1-20(2,10-3-5-12-14(7-10)17(22)9-16(12)21)11-4-6-13-15(8-11)19(24)25-18(13)23/h1-6H,7H2;3-8H,9H2,1-2H3. The molecule has 4 aromatic rings. The maximum Gasteiger partial charge on any atom is 0.411 e. The average molecular weight is 777 g/mol. The quantitative estimate of drug-likeness (QED) is 0.117. The molecule has 8 rings (SSSR count). The van der Waals surface area contributed by atoms with E-state index in [0.717, 1.165) is 17.2 Å². The number of alkyl halides is 6. The lowest BCUT2D eigenvalue weighted by molar-refractivity contribution is -0.288. The molecular formula is C40H22F6O10. The molecule has 2 aliphatic carbocycles. The van der Waals surface area contributed by atoms with Crippen LogP contribution in [0.2, 0.25) is 0 Å². The van der Waals surface area contributed by atoms with Gasteiger partial charge < -0.3 is 9.47 Å². The van der Waals surface area contributed by atoms with E-state index in [1.807, 2.05) is 19.9 Å². The largest absolute Gasteiger partial charge is 0.411 e. The van der Waals surface area contributed by atoms with E-state index in [2.05, 4.69) is 9.47 Å². The van der Waals surface area contributed by atoms with Crippen molar-refractivity contribution in [2.75, 3.05) is 0 Å². The number of rotatable bonds is 4. The lowest BCUT2D eigenvalue weighted by Gasteiger charge is -2.38. The van der Waals surface area contributed by atoms with Gasteiger partial charge in [0, 0.05) is 27.7 Å². The fourth-order valence-electron chi connectivity index (χ4n) is 7.27. The number of halogens is 6. The molecule has 10 nitrogen and oxygen atoms in total. The van der Waals surface area contributed by atoms with Gasteiger partial charge in [0.1, 0.15) is 0 Å². The van der Waals surface area contributed by atoms with Gasteiger partial charge in [-0.25, -0.2) is 19.2 Å². The van der Waals surface area contributed by atoms with Crippen LogP contribution in [-0.4, -0.2) is 59.4 Å². The van der Waals surface area contributed by atoms with Crippen molar-refractivity contribution >= 4 is 47.0 Å². The Kier molecular flexibility index (Phi) is 8.40. The minimum absolute atomic E-state index is 0.0774. The number of cyclic esters (lactones) is 4. The first-order valence-corrected chi connectivity index (χ1v) is 16.4. The summed E-state index contributed by atoms with van der Waals surface area (Å²) < 4.78 is 94.3. The summed E-state index contributed by atoms with van der Waals surface area (Å²) in [6.45, 7) is 3.92. The second kappa shape index (κ2) is 12.5. The molecule has 56 heavy (non-hydrogen) atoms. The van der Waals surface area contributed by atoms with Gasteiger partial charge in [0.2, 0.25) is 5.41 Å². The molecule has 0 radical (unpaired) electrons. The third kappa shape index (κ3) is 5.57. The molecule has 0 unspecified atom stereocenters. The molecule has 0 spiro atoms. The van der Waals surface area contributed by atoms with Gasteiger partial charge in [-0.2, -0.15) is 26.3 Å². The molecule has 16 heteroatoms. The zero-order valence-electron chi connectivity index (χ0n) is 28.7. The summed E-state index contributed by atoms with van der Waals surface area (Å²) in [4.78, 5) is 94.2. The van der Waals surface area contributed by atoms with Gasteiger partial charge in [-0.1, -0.05) is 50.2 Å². The molecule has 4 aliphatic rings. The lowest BCUT2D eigenvalue weighted by Crippen LogP contribution is -2.55. The highest BCUT2D eigenvalue weighted by molar-refractivity contribution is 6.25. The van der Waals surface area contributed by atoms with Crippen LogP contribution in [-0.2, 0) is 20.3 Å². The van der Waals surface area contributed by atoms with Crippen LogP contribution in [0, 0.1) is 0 Å². The lowest BCUT2D eigenvalue weighted by atomic mass is 9.71. The van der Waals surface area contributed by atoms with Crippen molar-refractivity contribution in [3.05, 3.63) is 140 Å². The minimum atomic E-state index is -5.98. The fourth-order valence-corrected chi connectivity index (χ4v) is 7.27. The number of ketones is 4. The van der Waals surface area contributed by atoms with Crippen LogP contribution >= 0.6 is 0 Å².